The van der Waals surface area contributed by atoms with Crippen LogP contribution >= 0.6 is 0 Å². The van der Waals surface area contributed by atoms with E-state index in [0.717, 1.165) is 11.3 Å². The van der Waals surface area contributed by atoms with Crippen LogP contribution in [-0.2, 0) is 11.3 Å². The molecule has 1 heterocycles. The van der Waals surface area contributed by atoms with Crippen molar-refractivity contribution in [1.82, 2.24) is 4.57 Å². The third-order valence-electron chi connectivity index (χ3n) is 2.87. The molecule has 1 aromatic heterocycles. The molecule has 0 aliphatic carbocycles. The van der Waals surface area contributed by atoms with Crippen LogP contribution in [0.3, 0.4) is 0 Å². The highest BCUT2D eigenvalue weighted by atomic mass is 16.5. The predicted molar refractivity (Wildman–Crippen MR) is 71.3 cm³/mol. The van der Waals surface area contributed by atoms with E-state index in [1.165, 1.54) is 7.11 Å². The summed E-state index contributed by atoms with van der Waals surface area (Å²) < 4.78 is 6.68. The van der Waals surface area contributed by atoms with Crippen LogP contribution in [0.5, 0.6) is 0 Å². The molecule has 0 saturated carbocycles. The molecular weight excluding hydrogens is 228 g/mol. The van der Waals surface area contributed by atoms with Gasteiger partial charge in [0.25, 0.3) is 0 Å². The number of carbonyl (C=O) groups is 1. The van der Waals surface area contributed by atoms with Crippen LogP contribution in [-0.4, -0.2) is 17.6 Å². The minimum absolute atomic E-state index is 0.327. The quantitative estimate of drug-likeness (QED) is 0.666. The monoisotopic (exact) mass is 244 g/mol. The molecule has 0 fully saturated rings. The molecule has 0 bridgehead atoms. The van der Waals surface area contributed by atoms with E-state index in [0.29, 0.717) is 17.9 Å². The fraction of sp³-hybridized carbons (Fsp3) is 0.214. The Morgan fingerprint density at radius 1 is 1.33 bits per heavy atom. The van der Waals surface area contributed by atoms with Gasteiger partial charge in [0.15, 0.2) is 0 Å². The van der Waals surface area contributed by atoms with E-state index in [2.05, 4.69) is 0 Å². The smallest absolute Gasteiger partial charge is 0.354 e. The lowest BCUT2D eigenvalue weighted by Gasteiger charge is -2.10. The van der Waals surface area contributed by atoms with Gasteiger partial charge in [0, 0.05) is 23.5 Å². The van der Waals surface area contributed by atoms with Crippen LogP contribution in [0, 0.1) is 0 Å². The first-order chi connectivity index (χ1) is 8.67. The Hall–Kier alpha value is -2.23. The number of aromatic nitrogens is 1. The number of rotatable bonds is 3. The number of nitrogen functional groups attached to an aromatic ring is 1. The zero-order valence-corrected chi connectivity index (χ0v) is 10.5. The Bertz CT molecular complexity index is 573. The van der Waals surface area contributed by atoms with E-state index in [1.54, 1.807) is 6.07 Å². The normalized spacial score (nSPS) is 10.3. The highest BCUT2D eigenvalue weighted by molar-refractivity contribution is 5.89. The highest BCUT2D eigenvalue weighted by Gasteiger charge is 2.15. The molecular formula is C14H16N2O2. The van der Waals surface area contributed by atoms with Crippen LogP contribution in [0.15, 0.2) is 36.4 Å². The van der Waals surface area contributed by atoms with Crippen LogP contribution < -0.4 is 5.73 Å². The molecule has 2 rings (SSSR count). The van der Waals surface area contributed by atoms with Gasteiger partial charge < -0.3 is 15.0 Å². The Kier molecular flexibility index (Phi) is 3.37. The average molecular weight is 244 g/mol. The molecule has 0 unspecified atom stereocenters. The predicted octanol–water partition coefficient (Wildman–Crippen LogP) is 2.54. The molecule has 0 aliphatic heterocycles. The largest absolute Gasteiger partial charge is 0.464 e. The Labute approximate surface area is 106 Å². The first-order valence-corrected chi connectivity index (χ1v) is 5.81. The van der Waals surface area contributed by atoms with Crippen molar-refractivity contribution in [2.75, 3.05) is 12.8 Å². The third-order valence-corrected chi connectivity index (χ3v) is 2.87. The van der Waals surface area contributed by atoms with Crippen molar-refractivity contribution < 1.29 is 9.53 Å². The van der Waals surface area contributed by atoms with Gasteiger partial charge in [0.05, 0.1) is 7.11 Å². The summed E-state index contributed by atoms with van der Waals surface area (Å²) in [5.74, 6) is -0.327. The molecule has 1 aromatic carbocycles. The first-order valence-electron chi connectivity index (χ1n) is 5.81. The van der Waals surface area contributed by atoms with E-state index in [9.17, 15) is 4.79 Å². The summed E-state index contributed by atoms with van der Waals surface area (Å²) in [6.07, 6.45) is 0. The van der Waals surface area contributed by atoms with E-state index >= 15 is 0 Å². The Morgan fingerprint density at radius 2 is 2.11 bits per heavy atom. The maximum atomic E-state index is 11.6. The number of ether oxygens (including phenoxy) is 1. The Balaban J connectivity index is 2.52. The van der Waals surface area contributed by atoms with Gasteiger partial charge in [-0.05, 0) is 31.2 Å². The van der Waals surface area contributed by atoms with Gasteiger partial charge in [-0.3, -0.25) is 0 Å². The van der Waals surface area contributed by atoms with E-state index in [-0.39, 0.29) is 5.97 Å². The molecule has 94 valence electrons. The summed E-state index contributed by atoms with van der Waals surface area (Å²) in [7, 11) is 1.38. The number of methoxy groups -OCH3 is 1. The Morgan fingerprint density at radius 3 is 2.72 bits per heavy atom. The minimum atomic E-state index is -0.327. The fourth-order valence-electron chi connectivity index (χ4n) is 2.04. The van der Waals surface area contributed by atoms with Gasteiger partial charge in [-0.25, -0.2) is 4.79 Å². The van der Waals surface area contributed by atoms with Crippen molar-refractivity contribution >= 4 is 11.7 Å². The molecule has 0 amide bonds. The lowest BCUT2D eigenvalue weighted by molar-refractivity contribution is 0.0589. The van der Waals surface area contributed by atoms with Gasteiger partial charge >= 0.3 is 5.97 Å². The molecule has 0 saturated heterocycles. The molecule has 2 N–H and O–H groups in total. The summed E-state index contributed by atoms with van der Waals surface area (Å²) in [6, 6.07) is 11.3. The van der Waals surface area contributed by atoms with E-state index < -0.39 is 0 Å². The van der Waals surface area contributed by atoms with Crippen LogP contribution in [0.1, 0.15) is 17.4 Å². The van der Waals surface area contributed by atoms with Gasteiger partial charge in [-0.1, -0.05) is 12.1 Å². The molecule has 4 nitrogen and oxygen atoms in total. The number of carbonyl (C=O) groups excluding carboxylic acids is 1. The van der Waals surface area contributed by atoms with Crippen molar-refractivity contribution in [3.05, 3.63) is 42.1 Å². The summed E-state index contributed by atoms with van der Waals surface area (Å²) >= 11 is 0. The SMILES string of the molecule is CCn1c(C(=O)OC)ccc1-c1cccc(N)c1. The van der Waals surface area contributed by atoms with Gasteiger partial charge in [-0.2, -0.15) is 0 Å². The lowest BCUT2D eigenvalue weighted by Crippen LogP contribution is -2.10. The minimum Gasteiger partial charge on any atom is -0.464 e. The number of hydrogen-bond acceptors (Lipinski definition) is 3. The fourth-order valence-corrected chi connectivity index (χ4v) is 2.04. The van der Waals surface area contributed by atoms with Crippen molar-refractivity contribution in [1.29, 1.82) is 0 Å². The number of nitrogens with two attached hydrogens (primary N) is 1. The standard InChI is InChI=1S/C14H16N2O2/c1-3-16-12(7-8-13(16)14(17)18-2)10-5-4-6-11(15)9-10/h4-9H,3,15H2,1-2H3. The van der Waals surface area contributed by atoms with E-state index in [1.807, 2.05) is 41.8 Å². The van der Waals surface area contributed by atoms with Crippen molar-refractivity contribution in [2.45, 2.75) is 13.5 Å². The number of esters is 1. The zero-order chi connectivity index (χ0) is 13.1. The zero-order valence-electron chi connectivity index (χ0n) is 10.5. The first kappa shape index (κ1) is 12.2. The molecule has 0 radical (unpaired) electrons. The van der Waals surface area contributed by atoms with Crippen LogP contribution in [0.25, 0.3) is 11.3 Å². The van der Waals surface area contributed by atoms with Crippen molar-refractivity contribution in [3.8, 4) is 11.3 Å². The molecule has 0 aliphatic rings. The van der Waals surface area contributed by atoms with Crippen LogP contribution in [0.2, 0.25) is 0 Å². The topological polar surface area (TPSA) is 57.2 Å². The van der Waals surface area contributed by atoms with Gasteiger partial charge in [-0.15, -0.1) is 0 Å². The van der Waals surface area contributed by atoms with Crippen molar-refractivity contribution in [3.63, 3.8) is 0 Å². The number of anilines is 1. The van der Waals surface area contributed by atoms with E-state index in [4.69, 9.17) is 10.5 Å². The van der Waals surface area contributed by atoms with Gasteiger partial charge in [0.1, 0.15) is 5.69 Å². The average Bonchev–Trinajstić information content (AvgIpc) is 2.81. The second kappa shape index (κ2) is 4.96. The summed E-state index contributed by atoms with van der Waals surface area (Å²) in [5.41, 5.74) is 8.99. The maximum absolute atomic E-state index is 11.6. The second-order valence-electron chi connectivity index (χ2n) is 3.97. The van der Waals surface area contributed by atoms with Gasteiger partial charge in [0.2, 0.25) is 0 Å². The molecule has 0 atom stereocenters. The van der Waals surface area contributed by atoms with Crippen molar-refractivity contribution in [2.24, 2.45) is 0 Å². The molecule has 4 heteroatoms. The summed E-state index contributed by atoms with van der Waals surface area (Å²) in [4.78, 5) is 11.6. The highest BCUT2D eigenvalue weighted by Crippen LogP contribution is 2.24. The third kappa shape index (κ3) is 2.09. The van der Waals surface area contributed by atoms with Crippen LogP contribution in [0.4, 0.5) is 5.69 Å². The molecule has 2 aromatic rings. The molecule has 18 heavy (non-hydrogen) atoms. The maximum Gasteiger partial charge on any atom is 0.354 e. The second-order valence-corrected chi connectivity index (χ2v) is 3.97. The summed E-state index contributed by atoms with van der Waals surface area (Å²) in [6.45, 7) is 2.68. The number of nitrogens with zero attached hydrogens (tertiary/aromatic N) is 1. The summed E-state index contributed by atoms with van der Waals surface area (Å²) in [5, 5.41) is 0. The lowest BCUT2D eigenvalue weighted by atomic mass is 10.1. The number of hydrogen-bond donors (Lipinski definition) is 1. The molecule has 0 spiro atoms. The number of benzene rings is 1.